The van der Waals surface area contributed by atoms with Crippen molar-refractivity contribution in [1.82, 2.24) is 14.4 Å². The van der Waals surface area contributed by atoms with Crippen molar-refractivity contribution in [3.8, 4) is 0 Å². The molecule has 3 aromatic heterocycles. The van der Waals surface area contributed by atoms with Gasteiger partial charge in [-0.1, -0.05) is 0 Å². The first-order valence-corrected chi connectivity index (χ1v) is 9.68. The highest BCUT2D eigenvalue weighted by Crippen LogP contribution is 2.27. The molecular formula is C19H21N3O3S. The van der Waals surface area contributed by atoms with Crippen LogP contribution in [0.1, 0.15) is 34.9 Å². The van der Waals surface area contributed by atoms with Gasteiger partial charge in [-0.05, 0) is 43.5 Å². The van der Waals surface area contributed by atoms with Crippen LogP contribution in [0, 0.1) is 0 Å². The van der Waals surface area contributed by atoms with Crippen molar-refractivity contribution >= 4 is 33.4 Å². The lowest BCUT2D eigenvalue weighted by Crippen LogP contribution is -2.55. The van der Waals surface area contributed by atoms with E-state index in [0.717, 1.165) is 22.5 Å². The van der Waals surface area contributed by atoms with Crippen LogP contribution in [0.5, 0.6) is 0 Å². The Morgan fingerprint density at radius 2 is 2.12 bits per heavy atom. The maximum absolute atomic E-state index is 13.1. The highest BCUT2D eigenvalue weighted by molar-refractivity contribution is 7.16. The van der Waals surface area contributed by atoms with Gasteiger partial charge in [0.15, 0.2) is 5.76 Å². The Kier molecular flexibility index (Phi) is 4.32. The van der Waals surface area contributed by atoms with Crippen LogP contribution in [-0.2, 0) is 6.54 Å². The van der Waals surface area contributed by atoms with Crippen LogP contribution in [0.2, 0.25) is 0 Å². The van der Waals surface area contributed by atoms with E-state index in [1.165, 1.54) is 6.26 Å². The average Bonchev–Trinajstić information content (AvgIpc) is 3.36. The Labute approximate surface area is 155 Å². The lowest BCUT2D eigenvalue weighted by molar-refractivity contribution is 0.0391. The van der Waals surface area contributed by atoms with E-state index in [1.807, 2.05) is 29.3 Å². The molecule has 0 aliphatic carbocycles. The normalized spacial score (nSPS) is 17.8. The minimum Gasteiger partial charge on any atom is -0.459 e. The quantitative estimate of drug-likeness (QED) is 0.710. The number of carbonyl (C=O) groups is 2. The number of aryl methyl sites for hydroxylation is 1. The van der Waals surface area contributed by atoms with Gasteiger partial charge in [0.05, 0.1) is 6.26 Å². The van der Waals surface area contributed by atoms with Crippen LogP contribution in [0.3, 0.4) is 0 Å². The maximum atomic E-state index is 13.1. The Bertz CT molecular complexity index is 941. The Balaban J connectivity index is 1.52. The monoisotopic (exact) mass is 371 g/mol. The molecule has 1 unspecified atom stereocenters. The number of carbonyl (C=O) groups excluding carboxylic acids is 2. The standard InChI is InChI=1S/C19H21N3O3S/c1-3-21-15(11-14-6-10-26-19(14)21)17(23)20-7-8-22(13(2)12-20)18(24)16-5-4-9-25-16/h4-6,9-11,13H,3,7-8,12H2,1-2H3. The Hall–Kier alpha value is -2.54. The van der Waals surface area contributed by atoms with E-state index in [4.69, 9.17) is 4.42 Å². The second-order valence-corrected chi connectivity index (χ2v) is 7.43. The summed E-state index contributed by atoms with van der Waals surface area (Å²) in [5, 5.41) is 3.16. The molecule has 2 amide bonds. The average molecular weight is 371 g/mol. The zero-order valence-electron chi connectivity index (χ0n) is 14.8. The van der Waals surface area contributed by atoms with Gasteiger partial charge in [0.25, 0.3) is 11.8 Å². The number of hydrogen-bond acceptors (Lipinski definition) is 4. The summed E-state index contributed by atoms with van der Waals surface area (Å²) >= 11 is 1.66. The highest BCUT2D eigenvalue weighted by Gasteiger charge is 2.32. The summed E-state index contributed by atoms with van der Waals surface area (Å²) in [5.74, 6) is 0.260. The molecule has 26 heavy (non-hydrogen) atoms. The summed E-state index contributed by atoms with van der Waals surface area (Å²) in [7, 11) is 0. The fraction of sp³-hybridized carbons (Fsp3) is 0.368. The second kappa shape index (κ2) is 6.64. The zero-order valence-corrected chi connectivity index (χ0v) is 15.7. The number of rotatable bonds is 3. The molecule has 0 spiro atoms. The Morgan fingerprint density at radius 1 is 1.27 bits per heavy atom. The number of hydrogen-bond donors (Lipinski definition) is 0. The smallest absolute Gasteiger partial charge is 0.289 e. The van der Waals surface area contributed by atoms with E-state index >= 15 is 0 Å². The molecule has 7 heteroatoms. The summed E-state index contributed by atoms with van der Waals surface area (Å²) in [4.78, 5) is 30.4. The van der Waals surface area contributed by atoms with Gasteiger partial charge >= 0.3 is 0 Å². The number of amides is 2. The largest absolute Gasteiger partial charge is 0.459 e. The molecule has 3 aromatic rings. The lowest BCUT2D eigenvalue weighted by atomic mass is 10.1. The number of fused-ring (bicyclic) bond motifs is 1. The maximum Gasteiger partial charge on any atom is 0.289 e. The molecule has 1 saturated heterocycles. The minimum atomic E-state index is -0.118. The van der Waals surface area contributed by atoms with Crippen LogP contribution in [-0.4, -0.2) is 51.9 Å². The molecule has 1 atom stereocenters. The predicted octanol–water partition coefficient (Wildman–Crippen LogP) is 3.30. The molecule has 1 aliphatic rings. The molecule has 6 nitrogen and oxygen atoms in total. The number of thiophene rings is 1. The molecule has 0 aromatic carbocycles. The summed E-state index contributed by atoms with van der Waals surface area (Å²) in [6.07, 6.45) is 1.50. The third-order valence-corrected chi connectivity index (χ3v) is 5.90. The van der Waals surface area contributed by atoms with Crippen LogP contribution in [0.25, 0.3) is 10.2 Å². The Morgan fingerprint density at radius 3 is 2.81 bits per heavy atom. The van der Waals surface area contributed by atoms with Gasteiger partial charge in [0, 0.05) is 37.6 Å². The number of furan rings is 1. The zero-order chi connectivity index (χ0) is 18.3. The molecule has 136 valence electrons. The number of nitrogens with zero attached hydrogens (tertiary/aromatic N) is 3. The van der Waals surface area contributed by atoms with E-state index < -0.39 is 0 Å². The minimum absolute atomic E-state index is 0.0344. The second-order valence-electron chi connectivity index (χ2n) is 6.53. The summed E-state index contributed by atoms with van der Waals surface area (Å²) in [6, 6.07) is 7.35. The van der Waals surface area contributed by atoms with Crippen molar-refractivity contribution in [2.24, 2.45) is 0 Å². The van der Waals surface area contributed by atoms with Crippen molar-refractivity contribution in [3.05, 3.63) is 47.4 Å². The van der Waals surface area contributed by atoms with Gasteiger partial charge in [0.1, 0.15) is 10.5 Å². The van der Waals surface area contributed by atoms with Crippen molar-refractivity contribution in [2.75, 3.05) is 19.6 Å². The number of piperazine rings is 1. The predicted molar refractivity (Wildman–Crippen MR) is 101 cm³/mol. The molecular weight excluding hydrogens is 350 g/mol. The van der Waals surface area contributed by atoms with Gasteiger partial charge in [-0.3, -0.25) is 9.59 Å². The van der Waals surface area contributed by atoms with E-state index in [1.54, 1.807) is 28.4 Å². The molecule has 1 aliphatic heterocycles. The van der Waals surface area contributed by atoms with E-state index in [2.05, 4.69) is 11.5 Å². The molecule has 1 fully saturated rings. The third kappa shape index (κ3) is 2.72. The van der Waals surface area contributed by atoms with E-state index in [0.29, 0.717) is 25.4 Å². The van der Waals surface area contributed by atoms with Crippen molar-refractivity contribution < 1.29 is 14.0 Å². The van der Waals surface area contributed by atoms with Gasteiger partial charge in [0.2, 0.25) is 0 Å². The van der Waals surface area contributed by atoms with Crippen molar-refractivity contribution in [2.45, 2.75) is 26.4 Å². The van der Waals surface area contributed by atoms with E-state index in [-0.39, 0.29) is 17.9 Å². The van der Waals surface area contributed by atoms with Gasteiger partial charge in [-0.25, -0.2) is 0 Å². The SMILES string of the molecule is CCn1c(C(=O)N2CCN(C(=O)c3ccco3)C(C)C2)cc2ccsc21. The van der Waals surface area contributed by atoms with Gasteiger partial charge in [-0.2, -0.15) is 0 Å². The first-order valence-electron chi connectivity index (χ1n) is 8.80. The van der Waals surface area contributed by atoms with Crippen molar-refractivity contribution in [1.29, 1.82) is 0 Å². The lowest BCUT2D eigenvalue weighted by Gasteiger charge is -2.39. The fourth-order valence-corrected chi connectivity index (χ4v) is 4.58. The molecule has 0 N–H and O–H groups in total. The number of aromatic nitrogens is 1. The van der Waals surface area contributed by atoms with Gasteiger partial charge < -0.3 is 18.8 Å². The van der Waals surface area contributed by atoms with Crippen LogP contribution >= 0.6 is 11.3 Å². The summed E-state index contributed by atoms with van der Waals surface area (Å²) < 4.78 is 7.30. The molecule has 0 radical (unpaired) electrons. The highest BCUT2D eigenvalue weighted by atomic mass is 32.1. The first-order chi connectivity index (χ1) is 12.6. The molecule has 4 heterocycles. The van der Waals surface area contributed by atoms with Crippen molar-refractivity contribution in [3.63, 3.8) is 0 Å². The molecule has 4 rings (SSSR count). The summed E-state index contributed by atoms with van der Waals surface area (Å²) in [5.41, 5.74) is 0.729. The first kappa shape index (κ1) is 16.9. The van der Waals surface area contributed by atoms with E-state index in [9.17, 15) is 9.59 Å². The van der Waals surface area contributed by atoms with Crippen LogP contribution < -0.4 is 0 Å². The summed E-state index contributed by atoms with van der Waals surface area (Å²) in [6.45, 7) is 6.34. The molecule has 0 saturated carbocycles. The molecule has 0 bridgehead atoms. The third-order valence-electron chi connectivity index (χ3n) is 4.95. The topological polar surface area (TPSA) is 58.7 Å². The van der Waals surface area contributed by atoms with Crippen LogP contribution in [0.15, 0.2) is 40.3 Å². The van der Waals surface area contributed by atoms with Crippen LogP contribution in [0.4, 0.5) is 0 Å². The van der Waals surface area contributed by atoms with Gasteiger partial charge in [-0.15, -0.1) is 11.3 Å². The fourth-order valence-electron chi connectivity index (χ4n) is 3.61.